The number of nitrogens with zero attached hydrogens (tertiary/aromatic N) is 1. The van der Waals surface area contributed by atoms with Gasteiger partial charge in [0.1, 0.15) is 10.6 Å². The van der Waals surface area contributed by atoms with E-state index in [0.717, 1.165) is 45.2 Å². The maximum absolute atomic E-state index is 12.8. The number of unbranched alkanes of at least 4 members (excludes halogenated alkanes) is 1. The van der Waals surface area contributed by atoms with E-state index in [2.05, 4.69) is 24.9 Å². The zero-order valence-corrected chi connectivity index (χ0v) is 18.7. The average molecular weight is 437 g/mol. The Labute approximate surface area is 184 Å². The third-order valence-corrected chi connectivity index (χ3v) is 6.77. The Morgan fingerprint density at radius 3 is 2.70 bits per heavy atom. The van der Waals surface area contributed by atoms with E-state index in [1.165, 1.54) is 5.56 Å². The molecule has 2 aromatic carbocycles. The molecule has 0 unspecified atom stereocenters. The Hall–Kier alpha value is -2.57. The van der Waals surface area contributed by atoms with Gasteiger partial charge in [-0.1, -0.05) is 54.2 Å². The maximum Gasteiger partial charge on any atom is 0.260 e. The minimum atomic E-state index is -0.0616. The molecule has 30 heavy (non-hydrogen) atoms. The van der Waals surface area contributed by atoms with Crippen molar-refractivity contribution < 1.29 is 4.74 Å². The van der Waals surface area contributed by atoms with E-state index >= 15 is 0 Å². The van der Waals surface area contributed by atoms with Crippen molar-refractivity contribution in [2.24, 2.45) is 0 Å². The summed E-state index contributed by atoms with van der Waals surface area (Å²) in [5.74, 6) is 1.81. The Bertz CT molecular complexity index is 1200. The summed E-state index contributed by atoms with van der Waals surface area (Å²) in [6.07, 6.45) is 1.96. The predicted octanol–water partition coefficient (Wildman–Crippen LogP) is 6.22. The zero-order chi connectivity index (χ0) is 20.9. The second kappa shape index (κ2) is 9.49. The molecule has 4 aromatic rings. The number of benzene rings is 2. The number of hydrogen-bond donors (Lipinski definition) is 1. The highest BCUT2D eigenvalue weighted by Gasteiger charge is 2.16. The average Bonchev–Trinajstić information content (AvgIpc) is 3.07. The molecule has 0 saturated carbocycles. The number of thiophene rings is 1. The van der Waals surface area contributed by atoms with Crippen LogP contribution in [0, 0.1) is 13.8 Å². The molecule has 0 spiro atoms. The number of nitrogens with one attached hydrogen (secondary N) is 1. The van der Waals surface area contributed by atoms with Crippen LogP contribution in [0.15, 0.2) is 64.5 Å². The van der Waals surface area contributed by atoms with Crippen LogP contribution >= 0.6 is 23.1 Å². The van der Waals surface area contributed by atoms with Gasteiger partial charge in [0.2, 0.25) is 0 Å². The Morgan fingerprint density at radius 1 is 1.07 bits per heavy atom. The first-order valence-corrected chi connectivity index (χ1v) is 11.8. The highest BCUT2D eigenvalue weighted by molar-refractivity contribution is 7.99. The van der Waals surface area contributed by atoms with Gasteiger partial charge < -0.3 is 9.72 Å². The van der Waals surface area contributed by atoms with Gasteiger partial charge in [-0.3, -0.25) is 4.79 Å². The molecule has 0 radical (unpaired) electrons. The monoisotopic (exact) mass is 436 g/mol. The van der Waals surface area contributed by atoms with E-state index in [4.69, 9.17) is 9.72 Å². The van der Waals surface area contributed by atoms with Gasteiger partial charge in [-0.25, -0.2) is 4.98 Å². The van der Waals surface area contributed by atoms with Gasteiger partial charge >= 0.3 is 0 Å². The van der Waals surface area contributed by atoms with Gasteiger partial charge in [-0.2, -0.15) is 0 Å². The maximum atomic E-state index is 12.8. The molecule has 0 aliphatic carbocycles. The number of fused-ring (bicyclic) bond motifs is 1. The first-order chi connectivity index (χ1) is 14.6. The predicted molar refractivity (Wildman–Crippen MR) is 127 cm³/mol. The smallest absolute Gasteiger partial charge is 0.260 e. The van der Waals surface area contributed by atoms with Gasteiger partial charge in [0.25, 0.3) is 5.56 Å². The number of aromatic nitrogens is 2. The normalized spacial score (nSPS) is 11.1. The molecule has 4 nitrogen and oxygen atoms in total. The minimum absolute atomic E-state index is 0.0616. The summed E-state index contributed by atoms with van der Waals surface area (Å²) >= 11 is 3.18. The van der Waals surface area contributed by atoms with E-state index in [9.17, 15) is 4.79 Å². The molecule has 0 fully saturated rings. The molecule has 2 aromatic heterocycles. The molecule has 2 heterocycles. The van der Waals surface area contributed by atoms with Crippen LogP contribution in [0.5, 0.6) is 5.75 Å². The van der Waals surface area contributed by atoms with Crippen LogP contribution in [-0.2, 0) is 0 Å². The molecular weight excluding hydrogens is 412 g/mol. The summed E-state index contributed by atoms with van der Waals surface area (Å²) in [5.41, 5.74) is 3.19. The van der Waals surface area contributed by atoms with E-state index in [-0.39, 0.29) is 5.56 Å². The molecular formula is C24H24N2O2S2. The number of thioether (sulfide) groups is 1. The van der Waals surface area contributed by atoms with Crippen molar-refractivity contribution in [1.82, 2.24) is 9.97 Å². The first-order valence-electron chi connectivity index (χ1n) is 10.0. The van der Waals surface area contributed by atoms with E-state index < -0.39 is 0 Å². The largest absolute Gasteiger partial charge is 0.494 e. The standard InChI is InChI=1S/C24H24N2O2S2/c1-16-9-8-12-19(15-16)28-13-6-7-14-29-24-25-22(27)21-20(17(2)30-23(21)26-24)18-10-4-3-5-11-18/h3-5,8-12,15H,6-7,13-14H2,1-2H3,(H,25,26,27). The van der Waals surface area contributed by atoms with Gasteiger partial charge in [0, 0.05) is 16.2 Å². The fourth-order valence-corrected chi connectivity index (χ4v) is 5.35. The van der Waals surface area contributed by atoms with Crippen molar-refractivity contribution in [3.8, 4) is 16.9 Å². The molecule has 0 amide bonds. The van der Waals surface area contributed by atoms with Crippen LogP contribution in [0.3, 0.4) is 0 Å². The topological polar surface area (TPSA) is 55.0 Å². The van der Waals surface area contributed by atoms with Crippen LogP contribution in [0.1, 0.15) is 23.3 Å². The van der Waals surface area contributed by atoms with Crippen LogP contribution in [0.25, 0.3) is 21.3 Å². The molecule has 154 valence electrons. The van der Waals surface area contributed by atoms with Gasteiger partial charge in [-0.15, -0.1) is 11.3 Å². The van der Waals surface area contributed by atoms with E-state index in [1.54, 1.807) is 23.1 Å². The first kappa shape index (κ1) is 20.7. The number of ether oxygens (including phenoxy) is 1. The number of H-pyrrole nitrogens is 1. The molecule has 6 heteroatoms. The van der Waals surface area contributed by atoms with Crippen LogP contribution in [0.4, 0.5) is 0 Å². The minimum Gasteiger partial charge on any atom is -0.494 e. The Kier molecular flexibility index (Phi) is 6.55. The summed E-state index contributed by atoms with van der Waals surface area (Å²) in [7, 11) is 0. The number of aryl methyl sites for hydroxylation is 2. The van der Waals surface area contributed by atoms with Crippen molar-refractivity contribution >= 4 is 33.3 Å². The van der Waals surface area contributed by atoms with Crippen LogP contribution in [0.2, 0.25) is 0 Å². The molecule has 0 atom stereocenters. The highest BCUT2D eigenvalue weighted by Crippen LogP contribution is 2.35. The Balaban J connectivity index is 1.37. The summed E-state index contributed by atoms with van der Waals surface area (Å²) in [5, 5.41) is 1.38. The number of hydrogen-bond acceptors (Lipinski definition) is 5. The third kappa shape index (κ3) is 4.77. The van der Waals surface area contributed by atoms with Crippen molar-refractivity contribution in [2.45, 2.75) is 31.8 Å². The van der Waals surface area contributed by atoms with Crippen LogP contribution < -0.4 is 10.3 Å². The van der Waals surface area contributed by atoms with Crippen molar-refractivity contribution in [3.05, 3.63) is 75.4 Å². The molecule has 0 aliphatic heterocycles. The van der Waals surface area contributed by atoms with E-state index in [1.807, 2.05) is 48.5 Å². The lowest BCUT2D eigenvalue weighted by molar-refractivity contribution is 0.309. The highest BCUT2D eigenvalue weighted by atomic mass is 32.2. The summed E-state index contributed by atoms with van der Waals surface area (Å²) in [4.78, 5) is 22.4. The van der Waals surface area contributed by atoms with Crippen molar-refractivity contribution in [3.63, 3.8) is 0 Å². The fourth-order valence-electron chi connectivity index (χ4n) is 3.39. The number of aromatic amines is 1. The lowest BCUT2D eigenvalue weighted by Crippen LogP contribution is -2.09. The second-order valence-corrected chi connectivity index (χ2v) is 9.46. The third-order valence-electron chi connectivity index (χ3n) is 4.81. The second-order valence-electron chi connectivity index (χ2n) is 7.17. The van der Waals surface area contributed by atoms with Crippen molar-refractivity contribution in [1.29, 1.82) is 0 Å². The summed E-state index contributed by atoms with van der Waals surface area (Å²) in [6.45, 7) is 4.80. The summed E-state index contributed by atoms with van der Waals surface area (Å²) < 4.78 is 5.79. The molecule has 0 aliphatic rings. The van der Waals surface area contributed by atoms with Crippen LogP contribution in [-0.4, -0.2) is 22.3 Å². The lowest BCUT2D eigenvalue weighted by atomic mass is 10.0. The van der Waals surface area contributed by atoms with E-state index in [0.29, 0.717) is 17.1 Å². The van der Waals surface area contributed by atoms with Gasteiger partial charge in [0.15, 0.2) is 5.16 Å². The van der Waals surface area contributed by atoms with Crippen molar-refractivity contribution in [2.75, 3.05) is 12.4 Å². The van der Waals surface area contributed by atoms with Gasteiger partial charge in [-0.05, 0) is 49.9 Å². The Morgan fingerprint density at radius 2 is 1.90 bits per heavy atom. The number of rotatable bonds is 8. The zero-order valence-electron chi connectivity index (χ0n) is 17.1. The van der Waals surface area contributed by atoms with Gasteiger partial charge in [0.05, 0.1) is 12.0 Å². The summed E-state index contributed by atoms with van der Waals surface area (Å²) in [6, 6.07) is 18.1. The molecule has 4 rings (SSSR count). The molecule has 1 N–H and O–H groups in total. The molecule has 0 saturated heterocycles. The quantitative estimate of drug-likeness (QED) is 0.202. The SMILES string of the molecule is Cc1cccc(OCCCCSc2nc3sc(C)c(-c4ccccc4)c3c(=O)[nH]2)c1. The molecule has 0 bridgehead atoms. The fraction of sp³-hybridized carbons (Fsp3) is 0.250. The lowest BCUT2D eigenvalue weighted by Gasteiger charge is -2.06.